The quantitative estimate of drug-likeness (QED) is 0.0310. The lowest BCUT2D eigenvalue weighted by Crippen LogP contribution is -2.70. The van der Waals surface area contributed by atoms with Gasteiger partial charge in [-0.1, -0.05) is 78.7 Å². The third-order valence-corrected chi connectivity index (χ3v) is 13.4. The number of aromatic nitrogens is 1. The Hall–Kier alpha value is -6.61. The van der Waals surface area contributed by atoms with Gasteiger partial charge < -0.3 is 34.0 Å². The van der Waals surface area contributed by atoms with Crippen LogP contribution in [0.25, 0.3) is 10.8 Å². The van der Waals surface area contributed by atoms with Gasteiger partial charge in [0.2, 0.25) is 5.79 Å². The van der Waals surface area contributed by atoms with Crippen LogP contribution in [0, 0.1) is 34.8 Å². The first kappa shape index (κ1) is 47.9. The molecule has 6 atom stereocenters. The second kappa shape index (κ2) is 22.0. The number of benzene rings is 4. The Bertz CT molecular complexity index is 2630. The first-order chi connectivity index (χ1) is 33.2. The van der Waals surface area contributed by atoms with Crippen molar-refractivity contribution in [2.75, 3.05) is 26.4 Å². The molecule has 0 saturated heterocycles. The smallest absolute Gasteiger partial charge is 0.416 e. The Morgan fingerprint density at radius 2 is 1.72 bits per heavy atom. The second-order valence-corrected chi connectivity index (χ2v) is 17.6. The third kappa shape index (κ3) is 10.3. The van der Waals surface area contributed by atoms with Crippen molar-refractivity contribution in [3.63, 3.8) is 0 Å². The highest BCUT2D eigenvalue weighted by Gasteiger charge is 2.66. The topological polar surface area (TPSA) is 175 Å². The van der Waals surface area contributed by atoms with E-state index in [4.69, 9.17) is 28.9 Å². The first-order valence-corrected chi connectivity index (χ1v) is 23.6. The predicted octanol–water partition coefficient (Wildman–Crippen LogP) is 10.4. The van der Waals surface area contributed by atoms with Crippen LogP contribution < -0.4 is 14.2 Å². The van der Waals surface area contributed by atoms with Crippen LogP contribution in [0.1, 0.15) is 80.3 Å². The molecule has 0 unspecified atom stereocenters. The molecule has 356 valence electrons. The largest absolute Gasteiger partial charge is 0.487 e. The van der Waals surface area contributed by atoms with Crippen molar-refractivity contribution in [1.82, 2.24) is 9.88 Å². The number of carbonyl (C=O) groups is 1. The molecule has 2 N–H and O–H groups in total. The average Bonchev–Trinajstić information content (AvgIpc) is 3.35. The number of oxime groups is 1. The Morgan fingerprint density at radius 3 is 2.47 bits per heavy atom. The molecule has 1 aliphatic heterocycles. The van der Waals surface area contributed by atoms with Crippen molar-refractivity contribution in [3.8, 4) is 17.2 Å². The number of ether oxygens (including phenoxy) is 4. The highest BCUT2D eigenvalue weighted by Crippen LogP contribution is 2.62. The summed E-state index contributed by atoms with van der Waals surface area (Å²) in [6.07, 6.45) is 7.76. The highest BCUT2D eigenvalue weighted by atomic mass is 16.7. The molecule has 2 heterocycles. The summed E-state index contributed by atoms with van der Waals surface area (Å²) in [5, 5.41) is 38.4. The molecule has 0 bridgehead atoms. The Labute approximate surface area is 397 Å². The summed E-state index contributed by atoms with van der Waals surface area (Å²) in [6.45, 7) is 8.70. The number of unbranched alkanes of at least 4 members (excludes halogenated alkanes) is 2. The summed E-state index contributed by atoms with van der Waals surface area (Å²) in [6, 6.07) is 30.1. The normalized spacial score (nSPS) is 22.0. The first-order valence-electron chi connectivity index (χ1n) is 23.6. The number of nitrogens with zero attached hydrogens (tertiary/aromatic N) is 4. The summed E-state index contributed by atoms with van der Waals surface area (Å²) in [5.74, 6) is -1.08. The van der Waals surface area contributed by atoms with Crippen LogP contribution in [-0.2, 0) is 22.7 Å². The van der Waals surface area contributed by atoms with E-state index in [0.29, 0.717) is 36.7 Å². The van der Waals surface area contributed by atoms with Crippen LogP contribution in [0.3, 0.4) is 0 Å². The average molecular weight is 925 g/mol. The summed E-state index contributed by atoms with van der Waals surface area (Å²) in [4.78, 5) is 38.6. The summed E-state index contributed by atoms with van der Waals surface area (Å²) in [7, 11) is 0. The number of aliphatic hydroxyl groups excluding tert-OH is 2. The van der Waals surface area contributed by atoms with E-state index < -0.39 is 28.8 Å². The molecule has 14 heteroatoms. The fourth-order valence-corrected chi connectivity index (χ4v) is 10.4. The standard InChI is InChI=1S/C54H60N4O10/c1-4-30-65-54-50(57(34-39-18-13-17-37-15-6-7-20-44(37)39)53(61)67-42-24-22-41(23-25-42)58(62)63)33-48(56-66-5-2)46-31-38(16-8-10-28-59)45(21-9-11-29-60)51(52(46)54)47-32-43(26-27-49(47)68-54)64-35-40-19-12-14-36(3)55-40/h4,6-7,12-15,17-20,22-27,31-32,38,45,50-52,59-60H,1,5,8-11,16,21,28-30,33-35H2,2-3H3/t38-,45+,50-,51+,52+,54+/m0/s1. The van der Waals surface area contributed by atoms with Crippen LogP contribution >= 0.6 is 0 Å². The molecular weight excluding hydrogens is 865 g/mol. The molecule has 5 aromatic rings. The molecule has 8 rings (SSSR count). The van der Waals surface area contributed by atoms with Crippen molar-refractivity contribution in [2.45, 2.75) is 89.7 Å². The lowest BCUT2D eigenvalue weighted by Gasteiger charge is -2.59. The number of pyridine rings is 1. The Kier molecular flexibility index (Phi) is 15.5. The molecule has 0 spiro atoms. The number of nitro groups is 1. The number of fused-ring (bicyclic) bond motifs is 3. The summed E-state index contributed by atoms with van der Waals surface area (Å²) < 4.78 is 27.3. The molecule has 4 aromatic carbocycles. The zero-order valence-electron chi connectivity index (χ0n) is 38.7. The van der Waals surface area contributed by atoms with E-state index >= 15 is 4.79 Å². The second-order valence-electron chi connectivity index (χ2n) is 17.6. The minimum absolute atomic E-state index is 0.0114. The van der Waals surface area contributed by atoms with E-state index in [1.54, 1.807) is 11.0 Å². The number of hydrogen-bond donors (Lipinski definition) is 2. The maximum Gasteiger partial charge on any atom is 0.416 e. The Balaban J connectivity index is 1.33. The zero-order chi connectivity index (χ0) is 47.6. The van der Waals surface area contributed by atoms with Gasteiger partial charge in [-0.05, 0) is 116 Å². The van der Waals surface area contributed by atoms with Crippen LogP contribution in [0.5, 0.6) is 17.2 Å². The van der Waals surface area contributed by atoms with Gasteiger partial charge in [0, 0.05) is 48.9 Å². The molecule has 1 aromatic heterocycles. The van der Waals surface area contributed by atoms with Crippen molar-refractivity contribution < 1.29 is 43.7 Å². The molecule has 0 radical (unpaired) electrons. The van der Waals surface area contributed by atoms with Gasteiger partial charge in [-0.25, -0.2) is 4.79 Å². The van der Waals surface area contributed by atoms with Gasteiger partial charge in [0.05, 0.1) is 35.4 Å². The monoisotopic (exact) mass is 924 g/mol. The van der Waals surface area contributed by atoms with Crippen molar-refractivity contribution in [3.05, 3.63) is 160 Å². The molecule has 1 amide bonds. The number of amides is 1. The SMILES string of the molecule is C=CCO[C@@]12Oc3ccc(OCc4cccc(C)n4)cc3[C@H]3[C@H](CCCCO)[C@@H](CCCCO)C=C(C(=NOCC)C[C@@H]1N(Cc1cccc4ccccc14)C(=O)Oc1ccc([N+](=O)[O-])cc1)[C@H]32. The van der Waals surface area contributed by atoms with Gasteiger partial charge in [-0.3, -0.25) is 20.0 Å². The summed E-state index contributed by atoms with van der Waals surface area (Å²) in [5.41, 5.74) is 4.84. The molecule has 2 aliphatic carbocycles. The maximum absolute atomic E-state index is 15.3. The van der Waals surface area contributed by atoms with Gasteiger partial charge in [0.25, 0.3) is 5.69 Å². The van der Waals surface area contributed by atoms with Crippen LogP contribution in [0.15, 0.2) is 133 Å². The van der Waals surface area contributed by atoms with Gasteiger partial charge in [0.15, 0.2) is 0 Å². The van der Waals surface area contributed by atoms with Gasteiger partial charge >= 0.3 is 6.09 Å². The van der Waals surface area contributed by atoms with E-state index in [2.05, 4.69) is 23.7 Å². The molecule has 1 saturated carbocycles. The molecule has 68 heavy (non-hydrogen) atoms. The van der Waals surface area contributed by atoms with Gasteiger partial charge in [-0.15, -0.1) is 6.58 Å². The third-order valence-electron chi connectivity index (χ3n) is 13.4. The molecular formula is C54H60N4O10. The van der Waals surface area contributed by atoms with Gasteiger partial charge in [0.1, 0.15) is 36.5 Å². The minimum atomic E-state index is -1.57. The fourth-order valence-electron chi connectivity index (χ4n) is 10.4. The molecule has 1 fully saturated rings. The number of non-ortho nitro benzene ring substituents is 1. The van der Waals surface area contributed by atoms with E-state index in [1.807, 2.05) is 86.6 Å². The zero-order valence-corrected chi connectivity index (χ0v) is 38.7. The number of aryl methyl sites for hydroxylation is 1. The number of aliphatic hydroxyl groups is 2. The number of carbonyl (C=O) groups excluding carboxylic acids is 1. The lowest BCUT2D eigenvalue weighted by atomic mass is 9.55. The molecule has 3 aliphatic rings. The minimum Gasteiger partial charge on any atom is -0.487 e. The van der Waals surface area contributed by atoms with E-state index in [-0.39, 0.29) is 68.6 Å². The number of rotatable bonds is 21. The fraction of sp³-hybridized carbons (Fsp3) is 0.389. The number of nitro benzene ring substituents is 1. The predicted molar refractivity (Wildman–Crippen MR) is 259 cm³/mol. The van der Waals surface area contributed by atoms with Crippen molar-refractivity contribution in [1.29, 1.82) is 0 Å². The lowest BCUT2D eigenvalue weighted by molar-refractivity contribution is -0.384. The van der Waals surface area contributed by atoms with E-state index in [0.717, 1.165) is 64.5 Å². The Morgan fingerprint density at radius 1 is 0.971 bits per heavy atom. The highest BCUT2D eigenvalue weighted by molar-refractivity contribution is 6.03. The van der Waals surface area contributed by atoms with Gasteiger partial charge in [-0.2, -0.15) is 0 Å². The van der Waals surface area contributed by atoms with E-state index in [1.165, 1.54) is 24.3 Å². The van der Waals surface area contributed by atoms with Crippen molar-refractivity contribution >= 4 is 28.3 Å². The van der Waals surface area contributed by atoms with Crippen molar-refractivity contribution in [2.24, 2.45) is 22.9 Å². The maximum atomic E-state index is 15.3. The summed E-state index contributed by atoms with van der Waals surface area (Å²) >= 11 is 0. The number of allylic oxidation sites excluding steroid dienone is 1. The van der Waals surface area contributed by atoms with Crippen LogP contribution in [-0.4, -0.2) is 75.1 Å². The van der Waals surface area contributed by atoms with Crippen LogP contribution in [0.4, 0.5) is 10.5 Å². The van der Waals surface area contributed by atoms with E-state index in [9.17, 15) is 20.3 Å². The van der Waals surface area contributed by atoms with Crippen LogP contribution in [0.2, 0.25) is 0 Å². The number of hydrogen-bond acceptors (Lipinski definition) is 12. The molecule has 14 nitrogen and oxygen atoms in total.